The minimum absolute atomic E-state index is 0.0609. The fraction of sp³-hybridized carbons (Fsp3) is 0.308. The quantitative estimate of drug-likeness (QED) is 0.667. The molecule has 1 heterocycles. The van der Waals surface area contributed by atoms with Gasteiger partial charge in [0.2, 0.25) is 0 Å². The van der Waals surface area contributed by atoms with Crippen LogP contribution in [0.15, 0.2) is 30.5 Å². The first-order chi connectivity index (χ1) is 8.60. The predicted molar refractivity (Wildman–Crippen MR) is 68.6 cm³/mol. The lowest BCUT2D eigenvalue weighted by Gasteiger charge is -2.09. The number of rotatable bonds is 3. The van der Waals surface area contributed by atoms with Crippen LogP contribution >= 0.6 is 0 Å². The number of methoxy groups -OCH3 is 1. The van der Waals surface area contributed by atoms with Crippen molar-refractivity contribution in [3.63, 3.8) is 0 Å². The average Bonchev–Trinajstić information content (AvgIpc) is 2.71. The van der Waals surface area contributed by atoms with E-state index in [4.69, 9.17) is 10.5 Å². The van der Waals surface area contributed by atoms with Gasteiger partial charge in [-0.05, 0) is 30.5 Å². The Morgan fingerprint density at radius 1 is 1.44 bits per heavy atom. The smallest absolute Gasteiger partial charge is 0.437 e. The third-order valence-corrected chi connectivity index (χ3v) is 2.60. The maximum atomic E-state index is 11.0. The standard InChI is InChI=1S/C13H16N2O3/c1-9(14)8-15-6-5-10-3-4-11(7-12(10)15)18-13(16)17-2/h3-7,9H,8,14H2,1-2H3. The summed E-state index contributed by atoms with van der Waals surface area (Å²) in [7, 11) is 1.28. The Bertz CT molecular complexity index is 560. The minimum atomic E-state index is -0.723. The topological polar surface area (TPSA) is 66.5 Å². The van der Waals surface area contributed by atoms with Gasteiger partial charge in [-0.2, -0.15) is 0 Å². The number of benzene rings is 1. The second-order valence-corrected chi connectivity index (χ2v) is 4.22. The monoisotopic (exact) mass is 248 g/mol. The third-order valence-electron chi connectivity index (χ3n) is 2.60. The van der Waals surface area contributed by atoms with Crippen molar-refractivity contribution in [2.45, 2.75) is 19.5 Å². The maximum absolute atomic E-state index is 11.0. The van der Waals surface area contributed by atoms with E-state index in [2.05, 4.69) is 4.74 Å². The first-order valence-corrected chi connectivity index (χ1v) is 5.70. The Morgan fingerprint density at radius 3 is 2.89 bits per heavy atom. The van der Waals surface area contributed by atoms with Gasteiger partial charge in [0.05, 0.1) is 12.6 Å². The van der Waals surface area contributed by atoms with Gasteiger partial charge in [0.25, 0.3) is 0 Å². The van der Waals surface area contributed by atoms with Gasteiger partial charge < -0.3 is 19.8 Å². The van der Waals surface area contributed by atoms with Gasteiger partial charge in [0.15, 0.2) is 0 Å². The Kier molecular flexibility index (Phi) is 3.53. The van der Waals surface area contributed by atoms with Crippen LogP contribution in [0, 0.1) is 0 Å². The van der Waals surface area contributed by atoms with Crippen LogP contribution in [0.3, 0.4) is 0 Å². The van der Waals surface area contributed by atoms with Gasteiger partial charge in [-0.1, -0.05) is 0 Å². The molecular formula is C13H16N2O3. The van der Waals surface area contributed by atoms with E-state index in [1.54, 1.807) is 12.1 Å². The number of aromatic nitrogens is 1. The number of hydrogen-bond acceptors (Lipinski definition) is 4. The molecule has 1 unspecified atom stereocenters. The molecular weight excluding hydrogens is 232 g/mol. The fourth-order valence-corrected chi connectivity index (χ4v) is 1.83. The molecule has 0 saturated heterocycles. The molecule has 0 aliphatic rings. The molecule has 18 heavy (non-hydrogen) atoms. The number of hydrogen-bond donors (Lipinski definition) is 1. The molecule has 1 aromatic carbocycles. The van der Waals surface area contributed by atoms with E-state index in [1.807, 2.05) is 29.8 Å². The largest absolute Gasteiger partial charge is 0.513 e. The molecule has 0 spiro atoms. The maximum Gasteiger partial charge on any atom is 0.513 e. The van der Waals surface area contributed by atoms with Crippen LogP contribution < -0.4 is 10.5 Å². The molecule has 1 atom stereocenters. The number of nitrogens with two attached hydrogens (primary N) is 1. The van der Waals surface area contributed by atoms with E-state index in [0.717, 1.165) is 10.9 Å². The SMILES string of the molecule is COC(=O)Oc1ccc2ccn(CC(C)N)c2c1. The summed E-state index contributed by atoms with van der Waals surface area (Å²) >= 11 is 0. The summed E-state index contributed by atoms with van der Waals surface area (Å²) in [5.41, 5.74) is 6.77. The molecule has 0 fully saturated rings. The highest BCUT2D eigenvalue weighted by molar-refractivity contribution is 5.82. The van der Waals surface area contributed by atoms with Gasteiger partial charge in [-0.15, -0.1) is 0 Å². The Labute approximate surface area is 105 Å². The summed E-state index contributed by atoms with van der Waals surface area (Å²) in [6, 6.07) is 7.49. The van der Waals surface area contributed by atoms with Crippen molar-refractivity contribution in [3.8, 4) is 5.75 Å². The molecule has 96 valence electrons. The first-order valence-electron chi connectivity index (χ1n) is 5.70. The van der Waals surface area contributed by atoms with Crippen molar-refractivity contribution >= 4 is 17.1 Å². The van der Waals surface area contributed by atoms with E-state index in [-0.39, 0.29) is 6.04 Å². The van der Waals surface area contributed by atoms with Crippen molar-refractivity contribution < 1.29 is 14.3 Å². The molecule has 0 amide bonds. The van der Waals surface area contributed by atoms with Crippen molar-refractivity contribution in [1.82, 2.24) is 4.57 Å². The Morgan fingerprint density at radius 2 is 2.22 bits per heavy atom. The Hall–Kier alpha value is -2.01. The molecule has 5 nitrogen and oxygen atoms in total. The van der Waals surface area contributed by atoms with Gasteiger partial charge >= 0.3 is 6.16 Å². The zero-order valence-electron chi connectivity index (χ0n) is 10.4. The number of fused-ring (bicyclic) bond motifs is 1. The lowest BCUT2D eigenvalue weighted by Crippen LogP contribution is -2.21. The molecule has 5 heteroatoms. The predicted octanol–water partition coefficient (Wildman–Crippen LogP) is 2.13. The number of nitrogens with zero attached hydrogens (tertiary/aromatic N) is 1. The second-order valence-electron chi connectivity index (χ2n) is 4.22. The molecule has 2 N–H and O–H groups in total. The number of carbonyl (C=O) groups excluding carboxylic acids is 1. The van der Waals surface area contributed by atoms with Crippen LogP contribution in [0.4, 0.5) is 4.79 Å². The van der Waals surface area contributed by atoms with Crippen LogP contribution in [-0.2, 0) is 11.3 Å². The van der Waals surface area contributed by atoms with Gasteiger partial charge in [-0.3, -0.25) is 0 Å². The summed E-state index contributed by atoms with van der Waals surface area (Å²) in [5.74, 6) is 0.457. The van der Waals surface area contributed by atoms with E-state index in [1.165, 1.54) is 7.11 Å². The lowest BCUT2D eigenvalue weighted by molar-refractivity contribution is 0.121. The fourth-order valence-electron chi connectivity index (χ4n) is 1.83. The van der Waals surface area contributed by atoms with Crippen molar-refractivity contribution in [2.24, 2.45) is 5.73 Å². The molecule has 0 radical (unpaired) electrons. The Balaban J connectivity index is 2.33. The van der Waals surface area contributed by atoms with E-state index < -0.39 is 6.16 Å². The molecule has 0 bridgehead atoms. The molecule has 2 rings (SSSR count). The number of carbonyl (C=O) groups is 1. The van der Waals surface area contributed by atoms with E-state index in [9.17, 15) is 4.79 Å². The molecule has 2 aromatic rings. The van der Waals surface area contributed by atoms with Gasteiger partial charge in [-0.25, -0.2) is 4.79 Å². The van der Waals surface area contributed by atoms with Crippen LogP contribution in [0.25, 0.3) is 10.9 Å². The average molecular weight is 248 g/mol. The van der Waals surface area contributed by atoms with Crippen molar-refractivity contribution in [1.29, 1.82) is 0 Å². The second kappa shape index (κ2) is 5.10. The molecule has 0 saturated carbocycles. The third kappa shape index (κ3) is 2.62. The van der Waals surface area contributed by atoms with Gasteiger partial charge in [0, 0.05) is 24.8 Å². The zero-order chi connectivity index (χ0) is 13.1. The summed E-state index contributed by atoms with van der Waals surface area (Å²) in [4.78, 5) is 11.0. The summed E-state index contributed by atoms with van der Waals surface area (Å²) in [6.07, 6.45) is 1.25. The highest BCUT2D eigenvalue weighted by Crippen LogP contribution is 2.22. The van der Waals surface area contributed by atoms with E-state index >= 15 is 0 Å². The van der Waals surface area contributed by atoms with Crippen LogP contribution in [0.5, 0.6) is 5.75 Å². The normalized spacial score (nSPS) is 12.4. The highest BCUT2D eigenvalue weighted by Gasteiger charge is 2.07. The molecule has 1 aromatic heterocycles. The summed E-state index contributed by atoms with van der Waals surface area (Å²) in [5, 5.41) is 1.08. The highest BCUT2D eigenvalue weighted by atomic mass is 16.7. The minimum Gasteiger partial charge on any atom is -0.437 e. The summed E-state index contributed by atoms with van der Waals surface area (Å²) in [6.45, 7) is 2.66. The zero-order valence-corrected chi connectivity index (χ0v) is 10.4. The van der Waals surface area contributed by atoms with E-state index in [0.29, 0.717) is 12.3 Å². The molecule has 0 aliphatic carbocycles. The van der Waals surface area contributed by atoms with Crippen molar-refractivity contribution in [3.05, 3.63) is 30.5 Å². The first kappa shape index (κ1) is 12.4. The van der Waals surface area contributed by atoms with Gasteiger partial charge in [0.1, 0.15) is 5.75 Å². The lowest BCUT2D eigenvalue weighted by atomic mass is 10.2. The van der Waals surface area contributed by atoms with Crippen LogP contribution in [-0.4, -0.2) is 23.9 Å². The van der Waals surface area contributed by atoms with Crippen LogP contribution in [0.1, 0.15) is 6.92 Å². The van der Waals surface area contributed by atoms with Crippen LogP contribution in [0.2, 0.25) is 0 Å². The molecule has 0 aliphatic heterocycles. The number of ether oxygens (including phenoxy) is 2. The summed E-state index contributed by atoms with van der Waals surface area (Å²) < 4.78 is 11.5. The van der Waals surface area contributed by atoms with Crippen molar-refractivity contribution in [2.75, 3.05) is 7.11 Å².